The largest absolute Gasteiger partial charge is 0.465 e. The lowest BCUT2D eigenvalue weighted by atomic mass is 10.0. The Morgan fingerprint density at radius 2 is 2.08 bits per heavy atom. The molecule has 3 rings (SSSR count). The molecule has 0 aliphatic rings. The number of carbonyl (C=O) groups excluding carboxylic acids is 1. The summed E-state index contributed by atoms with van der Waals surface area (Å²) in [5.41, 5.74) is 1.45. The average Bonchev–Trinajstić information content (AvgIpc) is 3.09. The van der Waals surface area contributed by atoms with Crippen LogP contribution in [0.4, 0.5) is 10.5 Å². The second-order valence-corrected chi connectivity index (χ2v) is 6.00. The molecule has 24 heavy (non-hydrogen) atoms. The number of amides is 2. The second-order valence-electron chi connectivity index (χ2n) is 5.22. The Balaban J connectivity index is 1.79. The van der Waals surface area contributed by atoms with E-state index in [9.17, 15) is 9.59 Å². The van der Waals surface area contributed by atoms with Gasteiger partial charge in [0.1, 0.15) is 0 Å². The van der Waals surface area contributed by atoms with Crippen LogP contribution >= 0.6 is 11.3 Å². The van der Waals surface area contributed by atoms with E-state index in [2.05, 4.69) is 15.6 Å². The number of hydrogen-bond donors (Lipinski definition) is 3. The standard InChI is InChI=1S/C17H15N3O3S/c21-16(15(9-19-17(22)23)13-4-6-24-10-13)20-14-2-1-12-8-18-5-3-11(12)7-14/h1-8,10,15,19H,9H2,(H,20,21)(H,22,23). The number of carbonyl (C=O) groups is 2. The van der Waals surface area contributed by atoms with E-state index in [1.807, 2.05) is 35.0 Å². The van der Waals surface area contributed by atoms with Crippen LogP contribution in [0, 0.1) is 0 Å². The van der Waals surface area contributed by atoms with Crippen molar-refractivity contribution < 1.29 is 14.7 Å². The fraction of sp³-hybridized carbons (Fsp3) is 0.118. The van der Waals surface area contributed by atoms with Crippen LogP contribution in [-0.2, 0) is 4.79 Å². The fourth-order valence-electron chi connectivity index (χ4n) is 2.42. The quantitative estimate of drug-likeness (QED) is 0.664. The molecule has 2 heterocycles. The van der Waals surface area contributed by atoms with Crippen molar-refractivity contribution in [3.05, 3.63) is 59.0 Å². The van der Waals surface area contributed by atoms with Gasteiger partial charge in [0.25, 0.3) is 0 Å². The highest BCUT2D eigenvalue weighted by molar-refractivity contribution is 7.08. The molecule has 0 aliphatic carbocycles. The molecule has 0 aliphatic heterocycles. The molecule has 0 radical (unpaired) electrons. The van der Waals surface area contributed by atoms with Crippen LogP contribution in [0.15, 0.2) is 53.5 Å². The molecule has 0 saturated heterocycles. The summed E-state index contributed by atoms with van der Waals surface area (Å²) in [7, 11) is 0. The number of nitrogens with zero attached hydrogens (tertiary/aromatic N) is 1. The van der Waals surface area contributed by atoms with Crippen molar-refractivity contribution in [2.45, 2.75) is 5.92 Å². The summed E-state index contributed by atoms with van der Waals surface area (Å²) in [4.78, 5) is 27.4. The van der Waals surface area contributed by atoms with Crippen LogP contribution in [-0.4, -0.2) is 28.6 Å². The normalized spacial score (nSPS) is 11.8. The van der Waals surface area contributed by atoms with E-state index >= 15 is 0 Å². The number of hydrogen-bond acceptors (Lipinski definition) is 4. The number of carboxylic acid groups (broad SMARTS) is 1. The van der Waals surface area contributed by atoms with Crippen molar-refractivity contribution in [3.63, 3.8) is 0 Å². The van der Waals surface area contributed by atoms with Gasteiger partial charge in [-0.25, -0.2) is 4.79 Å². The van der Waals surface area contributed by atoms with Gasteiger partial charge < -0.3 is 15.7 Å². The zero-order valence-corrected chi connectivity index (χ0v) is 13.4. The Labute approximate surface area is 142 Å². The van der Waals surface area contributed by atoms with Crippen molar-refractivity contribution in [2.24, 2.45) is 0 Å². The van der Waals surface area contributed by atoms with Crippen molar-refractivity contribution >= 4 is 39.8 Å². The first-order valence-electron chi connectivity index (χ1n) is 7.27. The SMILES string of the molecule is O=C(O)NCC(C(=O)Nc1ccc2cnccc2c1)c1ccsc1. The Morgan fingerprint density at radius 3 is 2.83 bits per heavy atom. The van der Waals surface area contributed by atoms with Gasteiger partial charge in [0, 0.05) is 30.0 Å². The maximum atomic E-state index is 12.6. The van der Waals surface area contributed by atoms with Gasteiger partial charge in [0.2, 0.25) is 5.91 Å². The first-order valence-corrected chi connectivity index (χ1v) is 8.21. The zero-order chi connectivity index (χ0) is 16.9. The molecule has 1 atom stereocenters. The molecule has 7 heteroatoms. The molecule has 2 aromatic heterocycles. The number of rotatable bonds is 5. The summed E-state index contributed by atoms with van der Waals surface area (Å²) >= 11 is 1.47. The molecule has 0 bridgehead atoms. The number of fused-ring (bicyclic) bond motifs is 1. The molecular weight excluding hydrogens is 326 g/mol. The third kappa shape index (κ3) is 3.69. The fourth-order valence-corrected chi connectivity index (χ4v) is 3.13. The van der Waals surface area contributed by atoms with E-state index in [-0.39, 0.29) is 12.5 Å². The van der Waals surface area contributed by atoms with Crippen molar-refractivity contribution in [2.75, 3.05) is 11.9 Å². The van der Waals surface area contributed by atoms with Gasteiger partial charge in [0.15, 0.2) is 0 Å². The molecule has 0 fully saturated rings. The molecule has 2 amide bonds. The minimum absolute atomic E-state index is 0.0232. The molecule has 0 saturated carbocycles. The average molecular weight is 341 g/mol. The molecule has 122 valence electrons. The second kappa shape index (κ2) is 7.10. The van der Waals surface area contributed by atoms with E-state index in [1.165, 1.54) is 11.3 Å². The highest BCUT2D eigenvalue weighted by atomic mass is 32.1. The first kappa shape index (κ1) is 15.9. The molecular formula is C17H15N3O3S. The Morgan fingerprint density at radius 1 is 1.21 bits per heavy atom. The van der Waals surface area contributed by atoms with E-state index in [4.69, 9.17) is 5.11 Å². The highest BCUT2D eigenvalue weighted by Crippen LogP contribution is 2.22. The van der Waals surface area contributed by atoms with Crippen LogP contribution in [0.25, 0.3) is 10.8 Å². The summed E-state index contributed by atoms with van der Waals surface area (Å²) in [5.74, 6) is -0.837. The van der Waals surface area contributed by atoms with Gasteiger partial charge in [-0.05, 0) is 46.0 Å². The van der Waals surface area contributed by atoms with Crippen LogP contribution in [0.5, 0.6) is 0 Å². The van der Waals surface area contributed by atoms with Gasteiger partial charge in [-0.3, -0.25) is 9.78 Å². The van der Waals surface area contributed by atoms with Crippen LogP contribution in [0.2, 0.25) is 0 Å². The summed E-state index contributed by atoms with van der Waals surface area (Å²) in [6.45, 7) is 0.0232. The summed E-state index contributed by atoms with van der Waals surface area (Å²) < 4.78 is 0. The topological polar surface area (TPSA) is 91.3 Å². The van der Waals surface area contributed by atoms with Crippen molar-refractivity contribution in [3.8, 4) is 0 Å². The van der Waals surface area contributed by atoms with Crippen LogP contribution in [0.3, 0.4) is 0 Å². The van der Waals surface area contributed by atoms with E-state index in [1.54, 1.807) is 18.5 Å². The predicted octanol–water partition coefficient (Wildman–Crippen LogP) is 3.29. The van der Waals surface area contributed by atoms with Gasteiger partial charge in [-0.2, -0.15) is 11.3 Å². The van der Waals surface area contributed by atoms with Crippen LogP contribution in [0.1, 0.15) is 11.5 Å². The Bertz CT molecular complexity index is 864. The number of pyridine rings is 1. The van der Waals surface area contributed by atoms with Crippen LogP contribution < -0.4 is 10.6 Å². The van der Waals surface area contributed by atoms with Gasteiger partial charge in [-0.1, -0.05) is 6.07 Å². The van der Waals surface area contributed by atoms with Gasteiger partial charge in [-0.15, -0.1) is 0 Å². The minimum Gasteiger partial charge on any atom is -0.465 e. The molecule has 3 N–H and O–H groups in total. The van der Waals surface area contributed by atoms with E-state index < -0.39 is 12.0 Å². The summed E-state index contributed by atoms with van der Waals surface area (Å²) in [6, 6.07) is 9.24. The lowest BCUT2D eigenvalue weighted by molar-refractivity contribution is -0.117. The number of anilines is 1. The molecule has 1 aromatic carbocycles. The monoisotopic (exact) mass is 341 g/mol. The number of benzene rings is 1. The summed E-state index contributed by atoms with van der Waals surface area (Å²) in [5, 5.41) is 19.6. The first-order chi connectivity index (χ1) is 11.6. The highest BCUT2D eigenvalue weighted by Gasteiger charge is 2.22. The maximum absolute atomic E-state index is 12.6. The minimum atomic E-state index is -1.15. The summed E-state index contributed by atoms with van der Waals surface area (Å²) in [6.07, 6.45) is 2.30. The lowest BCUT2D eigenvalue weighted by Gasteiger charge is -2.16. The Kier molecular flexibility index (Phi) is 4.72. The lowest BCUT2D eigenvalue weighted by Crippen LogP contribution is -2.33. The smallest absolute Gasteiger partial charge is 0.404 e. The molecule has 6 nitrogen and oxygen atoms in total. The van der Waals surface area contributed by atoms with Gasteiger partial charge >= 0.3 is 6.09 Å². The number of aromatic nitrogens is 1. The van der Waals surface area contributed by atoms with E-state index in [0.717, 1.165) is 16.3 Å². The molecule has 3 aromatic rings. The van der Waals surface area contributed by atoms with E-state index in [0.29, 0.717) is 5.69 Å². The third-order valence-electron chi connectivity index (χ3n) is 3.63. The van der Waals surface area contributed by atoms with Crippen molar-refractivity contribution in [1.29, 1.82) is 0 Å². The maximum Gasteiger partial charge on any atom is 0.404 e. The molecule has 1 unspecified atom stereocenters. The zero-order valence-electron chi connectivity index (χ0n) is 12.6. The van der Waals surface area contributed by atoms with Gasteiger partial charge in [0.05, 0.1) is 5.92 Å². The number of nitrogens with one attached hydrogen (secondary N) is 2. The Hall–Kier alpha value is -2.93. The predicted molar refractivity (Wildman–Crippen MR) is 93.5 cm³/mol. The third-order valence-corrected chi connectivity index (χ3v) is 4.33. The number of thiophene rings is 1. The van der Waals surface area contributed by atoms with Crippen molar-refractivity contribution in [1.82, 2.24) is 10.3 Å². The molecule has 0 spiro atoms.